The second-order valence-electron chi connectivity index (χ2n) is 8.93. The van der Waals surface area contributed by atoms with Crippen LogP contribution in [0.1, 0.15) is 63.7 Å². The van der Waals surface area contributed by atoms with Crippen LogP contribution >= 0.6 is 0 Å². The van der Waals surface area contributed by atoms with E-state index in [9.17, 15) is 23.2 Å². The summed E-state index contributed by atoms with van der Waals surface area (Å²) in [6, 6.07) is 11.5. The second-order valence-corrected chi connectivity index (χ2v) is 8.93. The first-order valence-electron chi connectivity index (χ1n) is 10.1. The van der Waals surface area contributed by atoms with Crippen molar-refractivity contribution in [2.75, 3.05) is 0 Å². The molecule has 0 radical (unpaired) electrons. The Morgan fingerprint density at radius 1 is 0.833 bits per heavy atom. The van der Waals surface area contributed by atoms with E-state index in [4.69, 9.17) is 0 Å². The van der Waals surface area contributed by atoms with Crippen LogP contribution in [0.5, 0.6) is 0 Å². The highest BCUT2D eigenvalue weighted by molar-refractivity contribution is 6.30. The average molecular weight is 412 g/mol. The summed E-state index contributed by atoms with van der Waals surface area (Å²) in [4.78, 5) is 39.3. The van der Waals surface area contributed by atoms with E-state index in [1.807, 2.05) is 19.1 Å². The molecule has 0 spiro atoms. The summed E-state index contributed by atoms with van der Waals surface area (Å²) in [5.74, 6) is -2.17. The molecule has 3 rings (SSSR count). The van der Waals surface area contributed by atoms with Crippen molar-refractivity contribution >= 4 is 17.3 Å². The maximum Gasteiger partial charge on any atom is 0.263 e. The predicted octanol–water partition coefficient (Wildman–Crippen LogP) is 5.71. The molecule has 0 N–H and O–H groups in total. The number of carbonyl (C=O) groups excluding carboxylic acids is 3. The van der Waals surface area contributed by atoms with Gasteiger partial charge in [0, 0.05) is 5.56 Å². The van der Waals surface area contributed by atoms with E-state index in [2.05, 4.69) is 0 Å². The number of ketones is 3. The van der Waals surface area contributed by atoms with Crippen molar-refractivity contribution in [1.29, 1.82) is 0 Å². The molecule has 0 amide bonds. The minimum Gasteiger partial charge on any atom is -0.298 e. The van der Waals surface area contributed by atoms with E-state index in [0.717, 1.165) is 11.1 Å². The van der Waals surface area contributed by atoms with E-state index in [1.54, 1.807) is 45.9 Å². The number of hydrogen-bond acceptors (Lipinski definition) is 3. The van der Waals surface area contributed by atoms with Crippen molar-refractivity contribution in [3.8, 4) is 11.1 Å². The number of Topliss-reactive ketones (excluding diaryl/α,β-unsaturated/α-hetero) is 3. The van der Waals surface area contributed by atoms with Gasteiger partial charge in [-0.05, 0) is 62.4 Å². The standard InChI is InChI=1S/C25H26F2O3/c1-6-14-7-12-17(15-8-10-16(11-9-15)22(26)27)13-18(14)19-20(28)24(2,3)23(30)25(4,5)21(19)29/h7-13,19,22H,6H2,1-5H3. The van der Waals surface area contributed by atoms with Crippen LogP contribution in [0, 0.1) is 10.8 Å². The van der Waals surface area contributed by atoms with Crippen molar-refractivity contribution in [1.82, 2.24) is 0 Å². The Labute approximate surface area is 175 Å². The molecule has 1 aliphatic rings. The fraction of sp³-hybridized carbons (Fsp3) is 0.400. The van der Waals surface area contributed by atoms with Gasteiger partial charge in [-0.25, -0.2) is 8.78 Å². The second kappa shape index (κ2) is 7.53. The molecule has 2 aromatic rings. The number of aryl methyl sites for hydroxylation is 1. The highest BCUT2D eigenvalue weighted by Crippen LogP contribution is 2.45. The van der Waals surface area contributed by atoms with Gasteiger partial charge in [0.2, 0.25) is 0 Å². The summed E-state index contributed by atoms with van der Waals surface area (Å²) in [6.07, 6.45) is -1.93. The van der Waals surface area contributed by atoms with Crippen LogP contribution in [0.2, 0.25) is 0 Å². The SMILES string of the molecule is CCc1ccc(-c2ccc(C(F)F)cc2)cc1C1C(=O)C(C)(C)C(=O)C(C)(C)C1=O. The van der Waals surface area contributed by atoms with E-state index in [1.165, 1.54) is 12.1 Å². The molecular formula is C25H26F2O3. The van der Waals surface area contributed by atoms with Crippen LogP contribution in [-0.2, 0) is 20.8 Å². The zero-order valence-electron chi connectivity index (χ0n) is 17.9. The van der Waals surface area contributed by atoms with Crippen LogP contribution in [0.25, 0.3) is 11.1 Å². The van der Waals surface area contributed by atoms with Gasteiger partial charge in [0.05, 0.1) is 10.8 Å². The molecule has 1 fully saturated rings. The molecule has 5 heteroatoms. The molecule has 3 nitrogen and oxygen atoms in total. The van der Waals surface area contributed by atoms with Gasteiger partial charge in [0.1, 0.15) is 5.92 Å². The molecule has 0 bridgehead atoms. The Hall–Kier alpha value is -2.69. The monoisotopic (exact) mass is 412 g/mol. The summed E-state index contributed by atoms with van der Waals surface area (Å²) in [6.45, 7) is 8.26. The summed E-state index contributed by atoms with van der Waals surface area (Å²) >= 11 is 0. The Morgan fingerprint density at radius 2 is 1.33 bits per heavy atom. The Morgan fingerprint density at radius 3 is 1.80 bits per heavy atom. The lowest BCUT2D eigenvalue weighted by Crippen LogP contribution is -2.56. The van der Waals surface area contributed by atoms with Crippen LogP contribution < -0.4 is 0 Å². The van der Waals surface area contributed by atoms with E-state index in [0.29, 0.717) is 17.5 Å². The molecule has 0 unspecified atom stereocenters. The normalized spacial score (nSPS) is 18.9. The van der Waals surface area contributed by atoms with Crippen molar-refractivity contribution in [2.24, 2.45) is 10.8 Å². The van der Waals surface area contributed by atoms with Crippen LogP contribution in [0.4, 0.5) is 8.78 Å². The van der Waals surface area contributed by atoms with Crippen molar-refractivity contribution in [2.45, 2.75) is 53.4 Å². The topological polar surface area (TPSA) is 51.2 Å². The third-order valence-corrected chi connectivity index (χ3v) is 6.23. The van der Waals surface area contributed by atoms with Crippen molar-refractivity contribution < 1.29 is 23.2 Å². The maximum atomic E-state index is 13.3. The molecule has 0 aromatic heterocycles. The van der Waals surface area contributed by atoms with Gasteiger partial charge in [-0.1, -0.05) is 43.3 Å². The third kappa shape index (κ3) is 3.40. The highest BCUT2D eigenvalue weighted by atomic mass is 19.3. The largest absolute Gasteiger partial charge is 0.298 e. The zero-order valence-corrected chi connectivity index (χ0v) is 17.9. The van der Waals surface area contributed by atoms with Gasteiger partial charge in [-0.2, -0.15) is 0 Å². The quantitative estimate of drug-likeness (QED) is 0.605. The first-order chi connectivity index (χ1) is 13.9. The minimum absolute atomic E-state index is 0.0659. The molecule has 0 heterocycles. The Bertz CT molecular complexity index is 987. The lowest BCUT2D eigenvalue weighted by atomic mass is 9.57. The van der Waals surface area contributed by atoms with E-state index >= 15 is 0 Å². The molecule has 1 saturated carbocycles. The van der Waals surface area contributed by atoms with Gasteiger partial charge < -0.3 is 0 Å². The fourth-order valence-electron chi connectivity index (χ4n) is 4.31. The summed E-state index contributed by atoms with van der Waals surface area (Å²) < 4.78 is 25.7. The molecule has 0 aliphatic heterocycles. The van der Waals surface area contributed by atoms with Crippen molar-refractivity contribution in [3.63, 3.8) is 0 Å². The third-order valence-electron chi connectivity index (χ3n) is 6.23. The number of hydrogen-bond donors (Lipinski definition) is 0. The molecular weight excluding hydrogens is 386 g/mol. The molecule has 30 heavy (non-hydrogen) atoms. The van der Waals surface area contributed by atoms with Gasteiger partial charge in [-0.15, -0.1) is 0 Å². The first-order valence-corrected chi connectivity index (χ1v) is 10.1. The molecule has 1 aliphatic carbocycles. The predicted molar refractivity (Wildman–Crippen MR) is 112 cm³/mol. The minimum atomic E-state index is -2.54. The summed E-state index contributed by atoms with van der Waals surface area (Å²) in [5, 5.41) is 0. The van der Waals surface area contributed by atoms with Crippen LogP contribution in [0.15, 0.2) is 42.5 Å². The smallest absolute Gasteiger partial charge is 0.263 e. The molecule has 0 saturated heterocycles. The lowest BCUT2D eigenvalue weighted by molar-refractivity contribution is -0.157. The Balaban J connectivity index is 2.15. The maximum absolute atomic E-state index is 13.3. The van der Waals surface area contributed by atoms with Crippen molar-refractivity contribution in [3.05, 3.63) is 59.2 Å². The van der Waals surface area contributed by atoms with Crippen LogP contribution in [-0.4, -0.2) is 17.3 Å². The van der Waals surface area contributed by atoms with Gasteiger partial charge in [0.15, 0.2) is 17.3 Å². The molecule has 0 atom stereocenters. The summed E-state index contributed by atoms with van der Waals surface area (Å²) in [5.41, 5.74) is 0.310. The van der Waals surface area contributed by atoms with Gasteiger partial charge >= 0.3 is 0 Å². The van der Waals surface area contributed by atoms with E-state index in [-0.39, 0.29) is 11.3 Å². The van der Waals surface area contributed by atoms with E-state index < -0.39 is 34.7 Å². The number of alkyl halides is 2. The van der Waals surface area contributed by atoms with Gasteiger partial charge in [0.25, 0.3) is 6.43 Å². The molecule has 2 aromatic carbocycles. The average Bonchev–Trinajstić information content (AvgIpc) is 2.72. The number of rotatable bonds is 4. The number of halogens is 2. The lowest BCUT2D eigenvalue weighted by Gasteiger charge is -2.41. The van der Waals surface area contributed by atoms with Gasteiger partial charge in [-0.3, -0.25) is 14.4 Å². The first kappa shape index (κ1) is 22.0. The molecule has 158 valence electrons. The summed E-state index contributed by atoms with van der Waals surface area (Å²) in [7, 11) is 0. The number of carbonyl (C=O) groups is 3. The Kier molecular flexibility index (Phi) is 5.52. The van der Waals surface area contributed by atoms with Crippen LogP contribution in [0.3, 0.4) is 0 Å². The zero-order chi connectivity index (χ0) is 22.4. The number of benzene rings is 2. The highest BCUT2D eigenvalue weighted by Gasteiger charge is 2.58. The fourth-order valence-corrected chi connectivity index (χ4v) is 4.31.